The standard InChI is InChI=1S/C16H17ClO3/c1-16(2)9-12(19)13(14(20)15(16)17)11(18)8-10-6-4-3-5-7-10/h3-7,13,15H,8-9H2,1-2H3/t13-,15-/m1/s1. The topological polar surface area (TPSA) is 51.2 Å². The van der Waals surface area contributed by atoms with Crippen molar-refractivity contribution in [1.82, 2.24) is 0 Å². The third kappa shape index (κ3) is 2.83. The molecule has 0 unspecified atom stereocenters. The van der Waals surface area contributed by atoms with Gasteiger partial charge in [0.1, 0.15) is 5.92 Å². The van der Waals surface area contributed by atoms with E-state index < -0.39 is 22.5 Å². The summed E-state index contributed by atoms with van der Waals surface area (Å²) in [7, 11) is 0. The molecule has 1 aliphatic carbocycles. The van der Waals surface area contributed by atoms with Crippen molar-refractivity contribution < 1.29 is 14.4 Å². The summed E-state index contributed by atoms with van der Waals surface area (Å²) >= 11 is 6.11. The molecule has 106 valence electrons. The molecule has 3 nitrogen and oxygen atoms in total. The smallest absolute Gasteiger partial charge is 0.169 e. The summed E-state index contributed by atoms with van der Waals surface area (Å²) in [5.74, 6) is -2.30. The molecule has 0 saturated heterocycles. The van der Waals surface area contributed by atoms with Crippen LogP contribution in [0.15, 0.2) is 30.3 Å². The number of alkyl halides is 1. The highest BCUT2D eigenvalue weighted by Gasteiger charge is 2.49. The lowest BCUT2D eigenvalue weighted by Gasteiger charge is -2.35. The Morgan fingerprint density at radius 2 is 1.85 bits per heavy atom. The molecule has 1 saturated carbocycles. The highest BCUT2D eigenvalue weighted by molar-refractivity contribution is 6.38. The van der Waals surface area contributed by atoms with Gasteiger partial charge in [-0.05, 0) is 11.0 Å². The van der Waals surface area contributed by atoms with Crippen LogP contribution in [0.4, 0.5) is 0 Å². The Kier molecular flexibility index (Phi) is 4.09. The van der Waals surface area contributed by atoms with Crippen LogP contribution < -0.4 is 0 Å². The summed E-state index contributed by atoms with van der Waals surface area (Å²) in [5.41, 5.74) is 0.216. The van der Waals surface area contributed by atoms with Gasteiger partial charge >= 0.3 is 0 Å². The molecule has 0 radical (unpaired) electrons. The molecule has 1 fully saturated rings. The van der Waals surface area contributed by atoms with Crippen LogP contribution in [0.1, 0.15) is 25.8 Å². The summed E-state index contributed by atoms with van der Waals surface area (Å²) in [6.45, 7) is 3.55. The van der Waals surface area contributed by atoms with Crippen molar-refractivity contribution in [2.75, 3.05) is 0 Å². The lowest BCUT2D eigenvalue weighted by molar-refractivity contribution is -0.144. The Morgan fingerprint density at radius 3 is 2.45 bits per heavy atom. The quantitative estimate of drug-likeness (QED) is 0.635. The average molecular weight is 293 g/mol. The molecule has 0 aromatic heterocycles. The van der Waals surface area contributed by atoms with Gasteiger partial charge in [-0.15, -0.1) is 11.6 Å². The van der Waals surface area contributed by atoms with Crippen LogP contribution in [0.2, 0.25) is 0 Å². The lowest BCUT2D eigenvalue weighted by atomic mass is 9.69. The van der Waals surface area contributed by atoms with E-state index in [1.807, 2.05) is 18.2 Å². The van der Waals surface area contributed by atoms with E-state index in [0.29, 0.717) is 0 Å². The number of carbonyl (C=O) groups excluding carboxylic acids is 3. The van der Waals surface area contributed by atoms with E-state index in [0.717, 1.165) is 5.56 Å². The van der Waals surface area contributed by atoms with Crippen molar-refractivity contribution in [2.45, 2.75) is 32.1 Å². The number of hydrogen-bond donors (Lipinski definition) is 0. The van der Waals surface area contributed by atoms with Gasteiger partial charge in [0.05, 0.1) is 5.38 Å². The molecule has 0 bridgehead atoms. The van der Waals surface area contributed by atoms with Crippen molar-refractivity contribution in [1.29, 1.82) is 0 Å². The molecule has 1 aromatic carbocycles. The van der Waals surface area contributed by atoms with E-state index in [-0.39, 0.29) is 24.4 Å². The summed E-state index contributed by atoms with van der Waals surface area (Å²) in [5, 5.41) is -0.787. The van der Waals surface area contributed by atoms with Gasteiger partial charge in [0.15, 0.2) is 17.3 Å². The number of ketones is 3. The first-order valence-electron chi connectivity index (χ1n) is 6.60. The first kappa shape index (κ1) is 14.9. The second kappa shape index (κ2) is 5.49. The number of hydrogen-bond acceptors (Lipinski definition) is 3. The molecular weight excluding hydrogens is 276 g/mol. The fourth-order valence-electron chi connectivity index (χ4n) is 2.57. The van der Waals surface area contributed by atoms with Gasteiger partial charge in [-0.2, -0.15) is 0 Å². The molecule has 0 N–H and O–H groups in total. The van der Waals surface area contributed by atoms with E-state index in [9.17, 15) is 14.4 Å². The van der Waals surface area contributed by atoms with Crippen LogP contribution in [0, 0.1) is 11.3 Å². The molecule has 2 atom stereocenters. The fraction of sp³-hybridized carbons (Fsp3) is 0.438. The third-order valence-electron chi connectivity index (χ3n) is 3.72. The van der Waals surface area contributed by atoms with Gasteiger partial charge in [-0.1, -0.05) is 44.2 Å². The number of rotatable bonds is 3. The zero-order valence-electron chi connectivity index (χ0n) is 11.6. The highest BCUT2D eigenvalue weighted by atomic mass is 35.5. The summed E-state index contributed by atoms with van der Waals surface area (Å²) < 4.78 is 0. The van der Waals surface area contributed by atoms with E-state index in [1.54, 1.807) is 26.0 Å². The first-order chi connectivity index (χ1) is 9.33. The molecule has 1 aromatic rings. The van der Waals surface area contributed by atoms with Gasteiger partial charge in [-0.25, -0.2) is 0 Å². The van der Waals surface area contributed by atoms with Crippen molar-refractivity contribution >= 4 is 29.0 Å². The molecule has 20 heavy (non-hydrogen) atoms. The maximum absolute atomic E-state index is 12.2. The van der Waals surface area contributed by atoms with Crippen LogP contribution in [0.5, 0.6) is 0 Å². The molecule has 0 heterocycles. The normalized spacial score (nSPS) is 25.6. The van der Waals surface area contributed by atoms with E-state index in [1.165, 1.54) is 0 Å². The minimum atomic E-state index is -1.19. The van der Waals surface area contributed by atoms with Crippen LogP contribution in [0.25, 0.3) is 0 Å². The largest absolute Gasteiger partial charge is 0.298 e. The predicted octanol–water partition coefficient (Wildman–Crippen LogP) is 2.59. The average Bonchev–Trinajstić information content (AvgIpc) is 2.37. The van der Waals surface area contributed by atoms with Gasteiger partial charge in [0.25, 0.3) is 0 Å². The summed E-state index contributed by atoms with van der Waals surface area (Å²) in [6, 6.07) is 9.10. The van der Waals surface area contributed by atoms with Crippen LogP contribution in [-0.2, 0) is 20.8 Å². The van der Waals surface area contributed by atoms with Gasteiger partial charge in [0, 0.05) is 12.8 Å². The Balaban J connectivity index is 2.18. The zero-order valence-corrected chi connectivity index (χ0v) is 12.3. The molecular formula is C16H17ClO3. The minimum absolute atomic E-state index is 0.0903. The van der Waals surface area contributed by atoms with Gasteiger partial charge in [0.2, 0.25) is 0 Å². The Hall–Kier alpha value is -1.48. The van der Waals surface area contributed by atoms with Crippen molar-refractivity contribution in [2.24, 2.45) is 11.3 Å². The minimum Gasteiger partial charge on any atom is -0.298 e. The third-order valence-corrected chi connectivity index (χ3v) is 4.52. The monoisotopic (exact) mass is 292 g/mol. The maximum atomic E-state index is 12.2. The summed E-state index contributed by atoms with van der Waals surface area (Å²) in [6.07, 6.45) is 0.255. The Labute approximate surface area is 123 Å². The lowest BCUT2D eigenvalue weighted by Crippen LogP contribution is -2.49. The predicted molar refractivity (Wildman–Crippen MR) is 76.7 cm³/mol. The molecule has 0 spiro atoms. The Bertz CT molecular complexity index is 548. The fourth-order valence-corrected chi connectivity index (χ4v) is 2.77. The van der Waals surface area contributed by atoms with Crippen LogP contribution in [0.3, 0.4) is 0 Å². The van der Waals surface area contributed by atoms with Crippen molar-refractivity contribution in [3.05, 3.63) is 35.9 Å². The van der Waals surface area contributed by atoms with Gasteiger partial charge in [-0.3, -0.25) is 14.4 Å². The number of Topliss-reactive ketones (excluding diaryl/α,β-unsaturated/α-hetero) is 3. The van der Waals surface area contributed by atoms with E-state index in [2.05, 4.69) is 0 Å². The van der Waals surface area contributed by atoms with E-state index >= 15 is 0 Å². The SMILES string of the molecule is CC1(C)CC(=O)[C@@H](C(=O)Cc2ccccc2)C(=O)[C@H]1Cl. The van der Waals surface area contributed by atoms with Crippen LogP contribution in [-0.4, -0.2) is 22.7 Å². The number of halogens is 1. The first-order valence-corrected chi connectivity index (χ1v) is 7.04. The molecule has 1 aliphatic rings. The number of benzene rings is 1. The molecule has 0 amide bonds. The van der Waals surface area contributed by atoms with Crippen molar-refractivity contribution in [3.8, 4) is 0 Å². The highest BCUT2D eigenvalue weighted by Crippen LogP contribution is 2.38. The Morgan fingerprint density at radius 1 is 1.25 bits per heavy atom. The van der Waals surface area contributed by atoms with E-state index in [4.69, 9.17) is 11.6 Å². The maximum Gasteiger partial charge on any atom is 0.169 e. The zero-order chi connectivity index (χ0) is 14.9. The van der Waals surface area contributed by atoms with Crippen LogP contribution >= 0.6 is 11.6 Å². The van der Waals surface area contributed by atoms with Gasteiger partial charge < -0.3 is 0 Å². The summed E-state index contributed by atoms with van der Waals surface area (Å²) in [4.78, 5) is 36.6. The van der Waals surface area contributed by atoms with Crippen molar-refractivity contribution in [3.63, 3.8) is 0 Å². The molecule has 0 aliphatic heterocycles. The molecule has 2 rings (SSSR count). The second-order valence-electron chi connectivity index (χ2n) is 5.96. The number of carbonyl (C=O) groups is 3. The molecule has 4 heteroatoms. The second-order valence-corrected chi connectivity index (χ2v) is 6.39.